The van der Waals surface area contributed by atoms with Crippen LogP contribution in [0.2, 0.25) is 0 Å². The molecule has 0 spiro atoms. The molecule has 0 aromatic carbocycles. The van der Waals surface area contributed by atoms with Crippen LogP contribution in [0.4, 0.5) is 0 Å². The van der Waals surface area contributed by atoms with Gasteiger partial charge in [0.2, 0.25) is 0 Å². The van der Waals surface area contributed by atoms with Crippen molar-refractivity contribution in [2.45, 2.75) is 40.5 Å². The molecule has 0 radical (unpaired) electrons. The van der Waals surface area contributed by atoms with Crippen LogP contribution in [0.1, 0.15) is 40.5 Å². The van der Waals surface area contributed by atoms with Crippen molar-refractivity contribution < 1.29 is 4.74 Å². The van der Waals surface area contributed by atoms with Gasteiger partial charge in [0.05, 0.1) is 5.84 Å². The number of amidine groups is 1. The first kappa shape index (κ1) is 12.5. The lowest BCUT2D eigenvalue weighted by Gasteiger charge is -2.32. The smallest absolute Gasteiger partial charge is 0.0991 e. The number of rotatable bonds is 2. The quantitative estimate of drug-likeness (QED) is 0.563. The summed E-state index contributed by atoms with van der Waals surface area (Å²) in [6, 6.07) is 0. The first-order valence-corrected chi connectivity index (χ1v) is 5.72. The summed E-state index contributed by atoms with van der Waals surface area (Å²) in [7, 11) is 0. The first-order chi connectivity index (χ1) is 6.83. The molecular weight excluding hydrogens is 188 g/mol. The molecule has 1 aliphatic heterocycles. The molecule has 0 bridgehead atoms. The summed E-state index contributed by atoms with van der Waals surface area (Å²) in [5.74, 6) is 0.759. The van der Waals surface area contributed by atoms with Crippen LogP contribution < -0.4 is 5.73 Å². The maximum absolute atomic E-state index is 5.95. The molecule has 1 aliphatic rings. The first-order valence-electron chi connectivity index (χ1n) is 5.72. The lowest BCUT2D eigenvalue weighted by Crippen LogP contribution is -2.33. The Hall–Kier alpha value is -0.570. The van der Waals surface area contributed by atoms with Crippen molar-refractivity contribution in [3.05, 3.63) is 0 Å². The second kappa shape index (κ2) is 4.52. The van der Waals surface area contributed by atoms with E-state index < -0.39 is 0 Å². The topological polar surface area (TPSA) is 47.6 Å². The number of hydrogen-bond donors (Lipinski definition) is 1. The molecule has 1 heterocycles. The van der Waals surface area contributed by atoms with Crippen LogP contribution >= 0.6 is 0 Å². The van der Waals surface area contributed by atoms with Crippen molar-refractivity contribution in [3.8, 4) is 0 Å². The molecule has 0 amide bonds. The molecule has 88 valence electrons. The average Bonchev–Trinajstić information content (AvgIpc) is 2.14. The van der Waals surface area contributed by atoms with Crippen molar-refractivity contribution in [1.82, 2.24) is 0 Å². The van der Waals surface area contributed by atoms with Gasteiger partial charge in [-0.3, -0.25) is 4.99 Å². The third-order valence-corrected chi connectivity index (χ3v) is 3.10. The molecule has 0 unspecified atom stereocenters. The molecule has 1 saturated heterocycles. The van der Waals surface area contributed by atoms with E-state index in [9.17, 15) is 0 Å². The maximum Gasteiger partial charge on any atom is 0.0991 e. The van der Waals surface area contributed by atoms with E-state index in [2.05, 4.69) is 32.7 Å². The van der Waals surface area contributed by atoms with Gasteiger partial charge in [-0.05, 0) is 18.3 Å². The number of nitrogens with zero attached hydrogens (tertiary/aromatic N) is 1. The van der Waals surface area contributed by atoms with E-state index in [1.54, 1.807) is 0 Å². The molecule has 1 rings (SSSR count). The highest BCUT2D eigenvalue weighted by Crippen LogP contribution is 2.30. The summed E-state index contributed by atoms with van der Waals surface area (Å²) in [6.07, 6.45) is 2.18. The predicted molar refractivity (Wildman–Crippen MR) is 64.1 cm³/mol. The predicted octanol–water partition coefficient (Wildman–Crippen LogP) is 2.21. The summed E-state index contributed by atoms with van der Waals surface area (Å²) in [5.41, 5.74) is 6.22. The Labute approximate surface area is 93.1 Å². The summed E-state index contributed by atoms with van der Waals surface area (Å²) in [5, 5.41) is 0. The molecule has 3 nitrogen and oxygen atoms in total. The number of hydrogen-bond acceptors (Lipinski definition) is 2. The standard InChI is InChI=1S/C12H24N2O/c1-11(2,3)10(13)14-9-12(4)5-7-15-8-6-12/h5-9H2,1-4H3,(H2,13,14). The fraction of sp³-hybridized carbons (Fsp3) is 0.917. The van der Waals surface area contributed by atoms with Gasteiger partial charge in [0.25, 0.3) is 0 Å². The van der Waals surface area contributed by atoms with Crippen molar-refractivity contribution in [2.24, 2.45) is 21.6 Å². The van der Waals surface area contributed by atoms with E-state index in [0.717, 1.165) is 38.4 Å². The summed E-state index contributed by atoms with van der Waals surface area (Å²) in [4.78, 5) is 4.53. The molecule has 0 aliphatic carbocycles. The number of aliphatic imine (C=N–C) groups is 1. The Balaban J connectivity index is 2.54. The van der Waals surface area contributed by atoms with Crippen LogP contribution in [0.5, 0.6) is 0 Å². The Morgan fingerprint density at radius 2 is 1.87 bits per heavy atom. The zero-order valence-corrected chi connectivity index (χ0v) is 10.5. The van der Waals surface area contributed by atoms with Gasteiger partial charge in [-0.2, -0.15) is 0 Å². The van der Waals surface area contributed by atoms with E-state index in [-0.39, 0.29) is 10.8 Å². The number of nitrogens with two attached hydrogens (primary N) is 1. The fourth-order valence-corrected chi connectivity index (χ4v) is 1.54. The van der Waals surface area contributed by atoms with Crippen molar-refractivity contribution in [2.75, 3.05) is 19.8 Å². The third kappa shape index (κ3) is 3.82. The van der Waals surface area contributed by atoms with Gasteiger partial charge in [-0.25, -0.2) is 0 Å². The molecule has 3 heteroatoms. The van der Waals surface area contributed by atoms with Crippen molar-refractivity contribution in [3.63, 3.8) is 0 Å². The van der Waals surface area contributed by atoms with E-state index >= 15 is 0 Å². The van der Waals surface area contributed by atoms with E-state index in [0.29, 0.717) is 0 Å². The third-order valence-electron chi connectivity index (χ3n) is 3.10. The second-order valence-corrected chi connectivity index (χ2v) is 5.87. The minimum absolute atomic E-state index is 0.0124. The minimum atomic E-state index is -0.0124. The van der Waals surface area contributed by atoms with Gasteiger partial charge in [0.15, 0.2) is 0 Å². The van der Waals surface area contributed by atoms with E-state index in [1.165, 1.54) is 0 Å². The molecule has 2 N–H and O–H groups in total. The highest BCUT2D eigenvalue weighted by atomic mass is 16.5. The molecule has 0 aromatic heterocycles. The van der Waals surface area contributed by atoms with Gasteiger partial charge >= 0.3 is 0 Å². The monoisotopic (exact) mass is 212 g/mol. The molecule has 15 heavy (non-hydrogen) atoms. The highest BCUT2D eigenvalue weighted by molar-refractivity contribution is 5.85. The van der Waals surface area contributed by atoms with Crippen LogP contribution in [0.3, 0.4) is 0 Å². The minimum Gasteiger partial charge on any atom is -0.387 e. The Kier molecular flexibility index (Phi) is 3.77. The Morgan fingerprint density at radius 3 is 2.33 bits per heavy atom. The largest absolute Gasteiger partial charge is 0.387 e. The average molecular weight is 212 g/mol. The zero-order chi connectivity index (χ0) is 11.5. The normalized spacial score (nSPS) is 22.8. The maximum atomic E-state index is 5.95. The van der Waals surface area contributed by atoms with Crippen molar-refractivity contribution >= 4 is 5.84 Å². The SMILES string of the molecule is CC1(CN=C(N)C(C)(C)C)CCOCC1. The Bertz CT molecular complexity index is 234. The van der Waals surface area contributed by atoms with Crippen LogP contribution in [-0.2, 0) is 4.74 Å². The van der Waals surface area contributed by atoms with Gasteiger partial charge in [-0.15, -0.1) is 0 Å². The molecule has 0 saturated carbocycles. The van der Waals surface area contributed by atoms with Crippen LogP contribution in [0, 0.1) is 10.8 Å². The number of ether oxygens (including phenoxy) is 1. The molecule has 0 atom stereocenters. The fourth-order valence-electron chi connectivity index (χ4n) is 1.54. The summed E-state index contributed by atoms with van der Waals surface area (Å²) in [6.45, 7) is 11.1. The van der Waals surface area contributed by atoms with E-state index in [1.807, 2.05) is 0 Å². The summed E-state index contributed by atoms with van der Waals surface area (Å²) >= 11 is 0. The molecule has 0 aromatic rings. The lowest BCUT2D eigenvalue weighted by atomic mass is 9.82. The molecular formula is C12H24N2O. The summed E-state index contributed by atoms with van der Waals surface area (Å²) < 4.78 is 5.36. The van der Waals surface area contributed by atoms with Crippen molar-refractivity contribution in [1.29, 1.82) is 0 Å². The Morgan fingerprint density at radius 1 is 1.33 bits per heavy atom. The van der Waals surface area contributed by atoms with Crippen LogP contribution in [0.15, 0.2) is 4.99 Å². The second-order valence-electron chi connectivity index (χ2n) is 5.87. The van der Waals surface area contributed by atoms with Gasteiger partial charge in [-0.1, -0.05) is 27.7 Å². The van der Waals surface area contributed by atoms with Gasteiger partial charge < -0.3 is 10.5 Å². The van der Waals surface area contributed by atoms with E-state index in [4.69, 9.17) is 10.5 Å². The molecule has 1 fully saturated rings. The lowest BCUT2D eigenvalue weighted by molar-refractivity contribution is 0.0283. The van der Waals surface area contributed by atoms with Crippen LogP contribution in [-0.4, -0.2) is 25.6 Å². The van der Waals surface area contributed by atoms with Gasteiger partial charge in [0, 0.05) is 25.2 Å². The highest BCUT2D eigenvalue weighted by Gasteiger charge is 2.27. The zero-order valence-electron chi connectivity index (χ0n) is 10.5. The van der Waals surface area contributed by atoms with Gasteiger partial charge in [0.1, 0.15) is 0 Å². The van der Waals surface area contributed by atoms with Crippen LogP contribution in [0.25, 0.3) is 0 Å².